The molecule has 6 rings (SSSR count). The van der Waals surface area contributed by atoms with Gasteiger partial charge in [0.05, 0.1) is 31.0 Å². The fourth-order valence-electron chi connectivity index (χ4n) is 6.70. The molecular weight excluding hydrogens is 649 g/mol. The van der Waals surface area contributed by atoms with Gasteiger partial charge in [0.15, 0.2) is 0 Å². The van der Waals surface area contributed by atoms with E-state index in [-0.39, 0.29) is 24.0 Å². The first kappa shape index (κ1) is 34.5. The minimum atomic E-state index is -4.92. The Labute approximate surface area is 286 Å². The van der Waals surface area contributed by atoms with Crippen molar-refractivity contribution in [2.75, 3.05) is 26.3 Å². The second kappa shape index (κ2) is 13.9. The van der Waals surface area contributed by atoms with Gasteiger partial charge in [0, 0.05) is 35.6 Å². The van der Waals surface area contributed by atoms with E-state index in [0.29, 0.717) is 66.3 Å². The molecule has 0 bridgehead atoms. The lowest BCUT2D eigenvalue weighted by Crippen LogP contribution is -2.39. The number of nitrogens with one attached hydrogen (secondary N) is 1. The fourth-order valence-corrected chi connectivity index (χ4v) is 6.70. The quantitative estimate of drug-likeness (QED) is 0.162. The Kier molecular flexibility index (Phi) is 9.56. The molecule has 5 aromatic rings. The van der Waals surface area contributed by atoms with Crippen molar-refractivity contribution in [3.05, 3.63) is 116 Å². The zero-order valence-corrected chi connectivity index (χ0v) is 27.7. The summed E-state index contributed by atoms with van der Waals surface area (Å²) in [5, 5.41) is 20.4. The smallest absolute Gasteiger partial charge is 0.417 e. The standard InChI is InChI=1S/C38H35F3N4O5/c1-4-32(44-13-15-49-16-14-44)34-28-18-27(11-12-31(28)43-35(34)37(47)48)50-26-9-7-24(8-10-26)33-19-30(38(39,40)41)29(20-42)36(46)45(33)21-25-6-5-22(2)17-23(25)3/h5-12,17-19,32,43H,4,13-16,21H2,1-3H3,(H,47,48). The number of pyridine rings is 1. The number of hydrogen-bond acceptors (Lipinski definition) is 6. The zero-order valence-electron chi connectivity index (χ0n) is 27.7. The number of alkyl halides is 3. The highest BCUT2D eigenvalue weighted by Gasteiger charge is 2.37. The van der Waals surface area contributed by atoms with Crippen molar-refractivity contribution >= 4 is 16.9 Å². The van der Waals surface area contributed by atoms with E-state index in [2.05, 4.69) is 9.88 Å². The number of fused-ring (bicyclic) bond motifs is 1. The van der Waals surface area contributed by atoms with E-state index in [0.717, 1.165) is 22.8 Å². The number of carboxylic acid groups (broad SMARTS) is 1. The minimum Gasteiger partial charge on any atom is -0.477 e. The SMILES string of the molecule is CCC(c1c(C(=O)O)[nH]c2ccc(Oc3ccc(-c4cc(C(F)(F)F)c(C#N)c(=O)n4Cc4ccc(C)cc4C)cc3)cc12)N1CCOCC1. The number of nitriles is 1. The minimum absolute atomic E-state index is 0.00107. The van der Waals surface area contributed by atoms with Crippen LogP contribution in [0.15, 0.2) is 71.5 Å². The summed E-state index contributed by atoms with van der Waals surface area (Å²) in [6.07, 6.45) is -4.24. The lowest BCUT2D eigenvalue weighted by molar-refractivity contribution is -0.137. The molecule has 3 aromatic carbocycles. The molecule has 1 aliphatic rings. The number of rotatable bonds is 9. The summed E-state index contributed by atoms with van der Waals surface area (Å²) in [7, 11) is 0. The van der Waals surface area contributed by atoms with E-state index in [1.807, 2.05) is 39.0 Å². The molecule has 2 aromatic heterocycles. The third-order valence-corrected chi connectivity index (χ3v) is 9.16. The van der Waals surface area contributed by atoms with Gasteiger partial charge in [-0.2, -0.15) is 18.4 Å². The molecule has 50 heavy (non-hydrogen) atoms. The number of aryl methyl sites for hydroxylation is 2. The highest BCUT2D eigenvalue weighted by molar-refractivity contribution is 5.98. The van der Waals surface area contributed by atoms with E-state index < -0.39 is 28.8 Å². The maximum Gasteiger partial charge on any atom is 0.417 e. The molecule has 0 radical (unpaired) electrons. The average Bonchev–Trinajstić information content (AvgIpc) is 3.46. The third-order valence-electron chi connectivity index (χ3n) is 9.16. The highest BCUT2D eigenvalue weighted by Crippen LogP contribution is 2.38. The van der Waals surface area contributed by atoms with Crippen LogP contribution < -0.4 is 10.3 Å². The summed E-state index contributed by atoms with van der Waals surface area (Å²) in [4.78, 5) is 31.0. The largest absolute Gasteiger partial charge is 0.477 e. The number of morpholine rings is 1. The molecule has 1 fully saturated rings. The Bertz CT molecular complexity index is 2170. The summed E-state index contributed by atoms with van der Waals surface area (Å²) in [5.41, 5.74) is 1.05. The molecule has 0 saturated carbocycles. The van der Waals surface area contributed by atoms with E-state index in [9.17, 15) is 33.1 Å². The van der Waals surface area contributed by atoms with Gasteiger partial charge in [-0.15, -0.1) is 0 Å². The average molecular weight is 685 g/mol. The number of carbonyl (C=O) groups is 1. The summed E-state index contributed by atoms with van der Waals surface area (Å²) in [5.74, 6) is -0.256. The topological polar surface area (TPSA) is 121 Å². The number of nitrogens with zero attached hydrogens (tertiary/aromatic N) is 3. The molecule has 9 nitrogen and oxygen atoms in total. The molecule has 258 valence electrons. The summed E-state index contributed by atoms with van der Waals surface area (Å²) in [6, 6.07) is 19.3. The van der Waals surface area contributed by atoms with Crippen LogP contribution in [0.4, 0.5) is 13.2 Å². The van der Waals surface area contributed by atoms with Gasteiger partial charge in [-0.1, -0.05) is 30.7 Å². The molecule has 0 spiro atoms. The first-order valence-electron chi connectivity index (χ1n) is 16.2. The summed E-state index contributed by atoms with van der Waals surface area (Å²) >= 11 is 0. The van der Waals surface area contributed by atoms with E-state index in [1.54, 1.807) is 42.5 Å². The predicted molar refractivity (Wildman–Crippen MR) is 182 cm³/mol. The van der Waals surface area contributed by atoms with Crippen LogP contribution in [-0.4, -0.2) is 51.8 Å². The number of H-pyrrole nitrogens is 1. The Morgan fingerprint density at radius 3 is 2.36 bits per heavy atom. The van der Waals surface area contributed by atoms with Gasteiger partial charge in [-0.3, -0.25) is 9.69 Å². The van der Waals surface area contributed by atoms with Crippen LogP contribution >= 0.6 is 0 Å². The first-order valence-corrected chi connectivity index (χ1v) is 16.2. The van der Waals surface area contributed by atoms with Crippen LogP contribution in [0.3, 0.4) is 0 Å². The van der Waals surface area contributed by atoms with Crippen LogP contribution in [0.5, 0.6) is 11.5 Å². The molecule has 0 amide bonds. The number of benzene rings is 3. The van der Waals surface area contributed by atoms with E-state index in [4.69, 9.17) is 9.47 Å². The molecule has 1 saturated heterocycles. The molecule has 3 heterocycles. The first-order chi connectivity index (χ1) is 23.9. The van der Waals surface area contributed by atoms with Gasteiger partial charge in [0.1, 0.15) is 28.8 Å². The maximum absolute atomic E-state index is 14.1. The Hall–Kier alpha value is -5.38. The van der Waals surface area contributed by atoms with Crippen molar-refractivity contribution in [3.63, 3.8) is 0 Å². The van der Waals surface area contributed by atoms with Gasteiger partial charge >= 0.3 is 12.1 Å². The summed E-state index contributed by atoms with van der Waals surface area (Å²) < 4.78 is 55.1. The van der Waals surface area contributed by atoms with Crippen molar-refractivity contribution in [2.45, 2.75) is 46.0 Å². The second-order valence-corrected chi connectivity index (χ2v) is 12.4. The molecule has 2 N–H and O–H groups in total. The van der Waals surface area contributed by atoms with E-state index >= 15 is 0 Å². The number of hydrogen-bond donors (Lipinski definition) is 2. The summed E-state index contributed by atoms with van der Waals surface area (Å²) in [6.45, 7) is 8.23. The maximum atomic E-state index is 14.1. The molecule has 12 heteroatoms. The second-order valence-electron chi connectivity index (χ2n) is 12.4. The van der Waals surface area contributed by atoms with Crippen molar-refractivity contribution in [1.82, 2.24) is 14.5 Å². The monoisotopic (exact) mass is 684 g/mol. The van der Waals surface area contributed by atoms with Gasteiger partial charge in [-0.05, 0) is 85.5 Å². The lowest BCUT2D eigenvalue weighted by Gasteiger charge is -2.34. The van der Waals surface area contributed by atoms with Crippen LogP contribution in [0.25, 0.3) is 22.2 Å². The number of ether oxygens (including phenoxy) is 2. The highest BCUT2D eigenvalue weighted by atomic mass is 19.4. The molecular formula is C38H35F3N4O5. The van der Waals surface area contributed by atoms with Crippen LogP contribution in [0.2, 0.25) is 0 Å². The van der Waals surface area contributed by atoms with Crippen LogP contribution in [-0.2, 0) is 17.5 Å². The molecule has 1 unspecified atom stereocenters. The predicted octanol–water partition coefficient (Wildman–Crippen LogP) is 7.83. The zero-order chi connectivity index (χ0) is 35.7. The number of aromatic carboxylic acids is 1. The van der Waals surface area contributed by atoms with Gasteiger partial charge in [0.25, 0.3) is 5.56 Å². The normalized spacial score (nSPS) is 14.4. The van der Waals surface area contributed by atoms with Gasteiger partial charge in [-0.25, -0.2) is 4.79 Å². The Morgan fingerprint density at radius 2 is 1.74 bits per heavy atom. The van der Waals surface area contributed by atoms with Crippen molar-refractivity contribution < 1.29 is 32.5 Å². The Morgan fingerprint density at radius 1 is 1.04 bits per heavy atom. The van der Waals surface area contributed by atoms with Crippen molar-refractivity contribution in [3.8, 4) is 28.8 Å². The van der Waals surface area contributed by atoms with E-state index in [1.165, 1.54) is 10.6 Å². The number of halogens is 3. The van der Waals surface area contributed by atoms with Gasteiger partial charge < -0.3 is 24.1 Å². The number of aromatic nitrogens is 2. The number of aromatic amines is 1. The van der Waals surface area contributed by atoms with Crippen molar-refractivity contribution in [2.24, 2.45) is 0 Å². The fraction of sp³-hybridized carbons (Fsp3) is 0.289. The van der Waals surface area contributed by atoms with Crippen LogP contribution in [0.1, 0.15) is 63.3 Å². The van der Waals surface area contributed by atoms with Crippen LogP contribution in [0, 0.1) is 25.2 Å². The molecule has 1 aliphatic heterocycles. The third kappa shape index (κ3) is 6.75. The molecule has 1 atom stereocenters. The molecule has 0 aliphatic carbocycles. The van der Waals surface area contributed by atoms with Crippen molar-refractivity contribution in [1.29, 1.82) is 5.26 Å². The lowest BCUT2D eigenvalue weighted by atomic mass is 9.98. The Balaban J connectivity index is 1.37. The van der Waals surface area contributed by atoms with Gasteiger partial charge in [0.2, 0.25) is 0 Å². The number of carboxylic acids is 1.